The van der Waals surface area contributed by atoms with Crippen molar-refractivity contribution < 1.29 is 18.7 Å². The summed E-state index contributed by atoms with van der Waals surface area (Å²) in [5.41, 5.74) is 6.67. The first-order valence-electron chi connectivity index (χ1n) is 9.87. The molecule has 2 atom stereocenters. The Labute approximate surface area is 182 Å². The zero-order valence-electron chi connectivity index (χ0n) is 17.1. The molecule has 8 nitrogen and oxygen atoms in total. The van der Waals surface area contributed by atoms with Crippen molar-refractivity contribution in [2.24, 2.45) is 5.73 Å². The monoisotopic (exact) mass is 443 g/mol. The lowest BCUT2D eigenvalue weighted by Crippen LogP contribution is -2.41. The maximum atomic E-state index is 14.0. The molecule has 2 heterocycles. The first-order chi connectivity index (χ1) is 14.8. The van der Waals surface area contributed by atoms with E-state index in [2.05, 4.69) is 20.6 Å². The topological polar surface area (TPSA) is 119 Å². The number of benzene rings is 1. The van der Waals surface area contributed by atoms with Crippen LogP contribution >= 0.6 is 11.3 Å². The van der Waals surface area contributed by atoms with Gasteiger partial charge in [-0.05, 0) is 43.9 Å². The van der Waals surface area contributed by atoms with E-state index in [1.54, 1.807) is 13.0 Å². The summed E-state index contributed by atoms with van der Waals surface area (Å²) in [6.07, 6.45) is 3.59. The van der Waals surface area contributed by atoms with Gasteiger partial charge in [0.05, 0.1) is 22.0 Å². The second-order valence-corrected chi connectivity index (χ2v) is 8.48. The summed E-state index contributed by atoms with van der Waals surface area (Å²) in [4.78, 5) is 32.8. The van der Waals surface area contributed by atoms with Crippen LogP contribution in [-0.2, 0) is 4.79 Å². The molecule has 1 saturated carbocycles. The number of carbonyl (C=O) groups excluding carboxylic acids is 2. The molecule has 4 rings (SSSR count). The Morgan fingerprint density at radius 3 is 2.84 bits per heavy atom. The summed E-state index contributed by atoms with van der Waals surface area (Å²) >= 11 is 1.20. The van der Waals surface area contributed by atoms with Gasteiger partial charge >= 0.3 is 0 Å². The number of hydrogen-bond donors (Lipinski definition) is 3. The van der Waals surface area contributed by atoms with Crippen LogP contribution in [0.2, 0.25) is 0 Å². The number of rotatable bonds is 6. The van der Waals surface area contributed by atoms with E-state index in [-0.39, 0.29) is 18.1 Å². The Kier molecular flexibility index (Phi) is 5.73. The van der Waals surface area contributed by atoms with E-state index in [0.717, 1.165) is 19.3 Å². The first kappa shape index (κ1) is 21.0. The maximum Gasteiger partial charge on any atom is 0.259 e. The summed E-state index contributed by atoms with van der Waals surface area (Å²) in [5.74, 6) is -0.308. The average Bonchev–Trinajstić information content (AvgIpc) is 3.28. The third kappa shape index (κ3) is 4.29. The van der Waals surface area contributed by atoms with Gasteiger partial charge in [0.1, 0.15) is 34.6 Å². The zero-order valence-corrected chi connectivity index (χ0v) is 17.9. The molecule has 2 amide bonds. The number of anilines is 2. The van der Waals surface area contributed by atoms with Crippen LogP contribution in [0.1, 0.15) is 41.4 Å². The fourth-order valence-electron chi connectivity index (χ4n) is 3.88. The number of carbonyl (C=O) groups is 2. The van der Waals surface area contributed by atoms with Crippen molar-refractivity contribution in [3.8, 4) is 5.75 Å². The number of ether oxygens (including phenoxy) is 1. The molecule has 0 radical (unpaired) electrons. The van der Waals surface area contributed by atoms with Gasteiger partial charge in [-0.2, -0.15) is 0 Å². The largest absolute Gasteiger partial charge is 0.486 e. The lowest BCUT2D eigenvalue weighted by molar-refractivity contribution is -0.120. The van der Waals surface area contributed by atoms with E-state index in [1.165, 1.54) is 36.7 Å². The third-order valence-corrected chi connectivity index (χ3v) is 6.48. The molecule has 162 valence electrons. The highest BCUT2D eigenvalue weighted by molar-refractivity contribution is 7.20. The third-order valence-electron chi connectivity index (χ3n) is 5.27. The number of nitrogens with one attached hydrogen (secondary N) is 2. The number of halogens is 1. The zero-order chi connectivity index (χ0) is 22.1. The van der Waals surface area contributed by atoms with Crippen LogP contribution in [-0.4, -0.2) is 33.9 Å². The summed E-state index contributed by atoms with van der Waals surface area (Å²) in [6, 6.07) is 4.07. The number of fused-ring (bicyclic) bond motifs is 1. The van der Waals surface area contributed by atoms with Crippen LogP contribution in [0.25, 0.3) is 10.2 Å². The maximum absolute atomic E-state index is 14.0. The molecule has 0 bridgehead atoms. The predicted molar refractivity (Wildman–Crippen MR) is 116 cm³/mol. The minimum Gasteiger partial charge on any atom is -0.486 e. The Balaban J connectivity index is 1.67. The second kappa shape index (κ2) is 8.46. The number of thiophene rings is 1. The quantitative estimate of drug-likeness (QED) is 0.537. The fourth-order valence-corrected chi connectivity index (χ4v) is 4.88. The van der Waals surface area contributed by atoms with E-state index in [4.69, 9.17) is 10.5 Å². The SMILES string of the molecule is CC(=O)NC1CCCC1Oc1cc(F)ccc1Nc1ncnc2sc(C(N)=O)c(C)c12. The van der Waals surface area contributed by atoms with Crippen LogP contribution in [0.4, 0.5) is 15.9 Å². The average molecular weight is 444 g/mol. The van der Waals surface area contributed by atoms with Crippen LogP contribution < -0.4 is 21.1 Å². The van der Waals surface area contributed by atoms with Gasteiger partial charge in [-0.3, -0.25) is 9.59 Å². The van der Waals surface area contributed by atoms with Crippen LogP contribution in [0.5, 0.6) is 5.75 Å². The van der Waals surface area contributed by atoms with E-state index in [0.29, 0.717) is 37.9 Å². The Hall–Kier alpha value is -3.27. The lowest BCUT2D eigenvalue weighted by atomic mass is 10.2. The number of nitrogens with zero attached hydrogens (tertiary/aromatic N) is 2. The molecule has 0 spiro atoms. The van der Waals surface area contributed by atoms with Crippen molar-refractivity contribution in [2.45, 2.75) is 45.3 Å². The van der Waals surface area contributed by atoms with Gasteiger partial charge in [-0.15, -0.1) is 11.3 Å². The molecule has 10 heteroatoms. The number of nitrogens with two attached hydrogens (primary N) is 1. The Bertz CT molecular complexity index is 1170. The summed E-state index contributed by atoms with van der Waals surface area (Å²) in [5, 5.41) is 6.76. The molecule has 1 aliphatic carbocycles. The minimum atomic E-state index is -0.525. The molecule has 3 aromatic rings. The van der Waals surface area contributed by atoms with Gasteiger partial charge in [0, 0.05) is 13.0 Å². The van der Waals surface area contributed by atoms with Gasteiger partial charge in [0.15, 0.2) is 0 Å². The normalized spacial score (nSPS) is 18.2. The molecule has 1 aromatic carbocycles. The smallest absolute Gasteiger partial charge is 0.259 e. The molecule has 0 saturated heterocycles. The molecular weight excluding hydrogens is 421 g/mol. The van der Waals surface area contributed by atoms with Crippen LogP contribution in [0.3, 0.4) is 0 Å². The molecule has 0 aliphatic heterocycles. The van der Waals surface area contributed by atoms with E-state index in [1.807, 2.05) is 0 Å². The van der Waals surface area contributed by atoms with Crippen molar-refractivity contribution in [3.63, 3.8) is 0 Å². The second-order valence-electron chi connectivity index (χ2n) is 7.48. The summed E-state index contributed by atoms with van der Waals surface area (Å²) < 4.78 is 20.2. The molecule has 1 fully saturated rings. The lowest BCUT2D eigenvalue weighted by Gasteiger charge is -2.23. The van der Waals surface area contributed by atoms with Crippen molar-refractivity contribution in [3.05, 3.63) is 40.8 Å². The molecular formula is C21H22FN5O3S. The van der Waals surface area contributed by atoms with E-state index < -0.39 is 11.7 Å². The molecule has 2 aromatic heterocycles. The summed E-state index contributed by atoms with van der Waals surface area (Å²) in [6.45, 7) is 3.25. The molecule has 31 heavy (non-hydrogen) atoms. The van der Waals surface area contributed by atoms with Gasteiger partial charge in [0.2, 0.25) is 5.91 Å². The van der Waals surface area contributed by atoms with Crippen LogP contribution in [0, 0.1) is 12.7 Å². The predicted octanol–water partition coefficient (Wildman–Crippen LogP) is 3.42. The number of primary amides is 1. The van der Waals surface area contributed by atoms with Crippen molar-refractivity contribution >= 4 is 44.9 Å². The van der Waals surface area contributed by atoms with E-state index >= 15 is 0 Å². The van der Waals surface area contributed by atoms with Crippen molar-refractivity contribution in [1.29, 1.82) is 0 Å². The fraction of sp³-hybridized carbons (Fsp3) is 0.333. The number of amides is 2. The standard InChI is InChI=1S/C21H22FN5O3S/c1-10-17-20(24-9-25-21(17)31-18(10)19(23)29)27-14-7-6-12(22)8-16(14)30-15-5-3-4-13(15)26-11(2)28/h6-9,13,15H,3-5H2,1-2H3,(H2,23,29)(H,26,28)(H,24,25,27). The molecule has 4 N–H and O–H groups in total. The molecule has 2 unspecified atom stereocenters. The van der Waals surface area contributed by atoms with Crippen LogP contribution in [0.15, 0.2) is 24.5 Å². The Morgan fingerprint density at radius 1 is 1.29 bits per heavy atom. The van der Waals surface area contributed by atoms with E-state index in [9.17, 15) is 14.0 Å². The highest BCUT2D eigenvalue weighted by Gasteiger charge is 2.30. The van der Waals surface area contributed by atoms with Crippen molar-refractivity contribution in [1.82, 2.24) is 15.3 Å². The summed E-state index contributed by atoms with van der Waals surface area (Å²) in [7, 11) is 0. The highest BCUT2D eigenvalue weighted by atomic mass is 32.1. The van der Waals surface area contributed by atoms with Gasteiger partial charge < -0.3 is 21.1 Å². The minimum absolute atomic E-state index is 0.125. The number of aryl methyl sites for hydroxylation is 1. The van der Waals surface area contributed by atoms with Gasteiger partial charge in [0.25, 0.3) is 5.91 Å². The highest BCUT2D eigenvalue weighted by Crippen LogP contribution is 2.37. The molecule has 1 aliphatic rings. The number of hydrogen-bond acceptors (Lipinski definition) is 7. The van der Waals surface area contributed by atoms with Gasteiger partial charge in [-0.25, -0.2) is 14.4 Å². The van der Waals surface area contributed by atoms with Crippen molar-refractivity contribution in [2.75, 3.05) is 5.32 Å². The first-order valence-corrected chi connectivity index (χ1v) is 10.7. The Morgan fingerprint density at radius 2 is 2.10 bits per heavy atom. The number of aromatic nitrogens is 2. The van der Waals surface area contributed by atoms with Gasteiger partial charge in [-0.1, -0.05) is 0 Å².